The number of nitrogens with one attached hydrogen (secondary N) is 1. The predicted molar refractivity (Wildman–Crippen MR) is 73.5 cm³/mol. The monoisotopic (exact) mass is 257 g/mol. The zero-order chi connectivity index (χ0) is 14.0. The summed E-state index contributed by atoms with van der Waals surface area (Å²) in [7, 11) is 0. The number of aliphatic hydroxyl groups is 1. The molecule has 1 amide bonds. The topological polar surface area (TPSA) is 58.6 Å². The van der Waals surface area contributed by atoms with E-state index >= 15 is 0 Å². The average Bonchev–Trinajstić information content (AvgIpc) is 2.24. The minimum absolute atomic E-state index is 0.122. The van der Waals surface area contributed by atoms with Gasteiger partial charge in [0, 0.05) is 0 Å². The van der Waals surface area contributed by atoms with Gasteiger partial charge in [0.15, 0.2) is 0 Å². The Morgan fingerprint density at radius 1 is 1.39 bits per heavy atom. The first kappa shape index (κ1) is 17.0. The molecule has 0 aromatic heterocycles. The van der Waals surface area contributed by atoms with Crippen molar-refractivity contribution in [3.8, 4) is 0 Å². The summed E-state index contributed by atoms with van der Waals surface area (Å²) < 4.78 is 5.12. The second kappa shape index (κ2) is 8.97. The van der Waals surface area contributed by atoms with Gasteiger partial charge in [0.25, 0.3) is 0 Å². The van der Waals surface area contributed by atoms with Crippen LogP contribution in [0.15, 0.2) is 12.2 Å². The van der Waals surface area contributed by atoms with Crippen LogP contribution in [0.1, 0.15) is 53.4 Å². The van der Waals surface area contributed by atoms with Crippen molar-refractivity contribution < 1.29 is 14.6 Å². The van der Waals surface area contributed by atoms with E-state index in [1.54, 1.807) is 20.8 Å². The maximum absolute atomic E-state index is 11.5. The molecule has 0 rings (SSSR count). The van der Waals surface area contributed by atoms with E-state index in [0.29, 0.717) is 0 Å². The fraction of sp³-hybridized carbons (Fsp3) is 0.786. The lowest BCUT2D eigenvalue weighted by atomic mass is 10.2. The van der Waals surface area contributed by atoms with E-state index in [2.05, 4.69) is 12.2 Å². The molecule has 0 bridgehead atoms. The summed E-state index contributed by atoms with van der Waals surface area (Å²) in [5.74, 6) is 0. The fourth-order valence-corrected chi connectivity index (χ4v) is 1.39. The number of hydrogen-bond acceptors (Lipinski definition) is 3. The Balaban J connectivity index is 3.99. The summed E-state index contributed by atoms with van der Waals surface area (Å²) in [6.07, 6.45) is 7.81. The van der Waals surface area contributed by atoms with Crippen LogP contribution < -0.4 is 5.32 Å². The molecule has 106 valence electrons. The minimum atomic E-state index is -0.519. The van der Waals surface area contributed by atoms with Crippen molar-refractivity contribution in [2.45, 2.75) is 65.0 Å². The van der Waals surface area contributed by atoms with Crippen molar-refractivity contribution in [1.82, 2.24) is 5.32 Å². The number of amides is 1. The van der Waals surface area contributed by atoms with Gasteiger partial charge in [-0.15, -0.1) is 0 Å². The number of carbonyl (C=O) groups is 1. The summed E-state index contributed by atoms with van der Waals surface area (Å²) in [5.41, 5.74) is -0.519. The molecule has 0 aromatic carbocycles. The highest BCUT2D eigenvalue weighted by atomic mass is 16.6. The molecule has 0 aliphatic heterocycles. The molecule has 4 heteroatoms. The highest BCUT2D eigenvalue weighted by Gasteiger charge is 2.17. The van der Waals surface area contributed by atoms with Gasteiger partial charge >= 0.3 is 6.09 Å². The van der Waals surface area contributed by atoms with E-state index < -0.39 is 11.7 Å². The van der Waals surface area contributed by atoms with Gasteiger partial charge in [-0.05, 0) is 33.6 Å². The molecule has 0 aliphatic carbocycles. The van der Waals surface area contributed by atoms with Gasteiger partial charge in [-0.2, -0.15) is 0 Å². The lowest BCUT2D eigenvalue weighted by Crippen LogP contribution is -2.39. The van der Waals surface area contributed by atoms with Crippen LogP contribution in [-0.2, 0) is 4.74 Å². The molecule has 0 radical (unpaired) electrons. The van der Waals surface area contributed by atoms with Gasteiger partial charge < -0.3 is 15.2 Å². The SMILES string of the molecule is CCCCC/C=C\[C@H](CO)NC(=O)OC(C)(C)C. The second-order valence-electron chi connectivity index (χ2n) is 5.36. The van der Waals surface area contributed by atoms with Gasteiger partial charge in [-0.3, -0.25) is 0 Å². The first-order valence-electron chi connectivity index (χ1n) is 6.66. The van der Waals surface area contributed by atoms with Gasteiger partial charge in [0.2, 0.25) is 0 Å². The number of unbranched alkanes of at least 4 members (excludes halogenated alkanes) is 3. The van der Waals surface area contributed by atoms with E-state index in [0.717, 1.165) is 12.8 Å². The average molecular weight is 257 g/mol. The van der Waals surface area contributed by atoms with Crippen molar-refractivity contribution in [3.63, 3.8) is 0 Å². The Morgan fingerprint density at radius 2 is 2.06 bits per heavy atom. The third kappa shape index (κ3) is 10.1. The van der Waals surface area contributed by atoms with Crippen LogP contribution in [0.5, 0.6) is 0 Å². The predicted octanol–water partition coefficient (Wildman–Crippen LogP) is 3.01. The lowest BCUT2D eigenvalue weighted by Gasteiger charge is -2.21. The Bertz CT molecular complexity index is 256. The lowest BCUT2D eigenvalue weighted by molar-refractivity contribution is 0.0498. The fourth-order valence-electron chi connectivity index (χ4n) is 1.39. The van der Waals surface area contributed by atoms with Crippen LogP contribution in [0.4, 0.5) is 4.79 Å². The van der Waals surface area contributed by atoms with Crippen LogP contribution >= 0.6 is 0 Å². The van der Waals surface area contributed by atoms with Crippen molar-refractivity contribution in [1.29, 1.82) is 0 Å². The number of carbonyl (C=O) groups excluding carboxylic acids is 1. The summed E-state index contributed by atoms with van der Waals surface area (Å²) in [5, 5.41) is 11.8. The number of hydrogen-bond donors (Lipinski definition) is 2. The molecular formula is C14H27NO3. The number of allylic oxidation sites excluding steroid dienone is 1. The van der Waals surface area contributed by atoms with Gasteiger partial charge in [-0.25, -0.2) is 4.79 Å². The molecule has 18 heavy (non-hydrogen) atoms. The van der Waals surface area contributed by atoms with Crippen LogP contribution in [0.2, 0.25) is 0 Å². The van der Waals surface area contributed by atoms with Crippen LogP contribution in [0.25, 0.3) is 0 Å². The number of alkyl carbamates (subject to hydrolysis) is 1. The highest BCUT2D eigenvalue weighted by Crippen LogP contribution is 2.07. The molecule has 0 heterocycles. The minimum Gasteiger partial charge on any atom is -0.444 e. The smallest absolute Gasteiger partial charge is 0.408 e. The first-order valence-corrected chi connectivity index (χ1v) is 6.66. The zero-order valence-corrected chi connectivity index (χ0v) is 12.0. The van der Waals surface area contributed by atoms with E-state index in [1.807, 2.05) is 12.2 Å². The molecule has 0 unspecified atom stereocenters. The van der Waals surface area contributed by atoms with E-state index in [-0.39, 0.29) is 12.6 Å². The van der Waals surface area contributed by atoms with Gasteiger partial charge in [0.1, 0.15) is 5.60 Å². The maximum atomic E-state index is 11.5. The van der Waals surface area contributed by atoms with Crippen molar-refractivity contribution in [3.05, 3.63) is 12.2 Å². The van der Waals surface area contributed by atoms with E-state index in [1.165, 1.54) is 12.8 Å². The summed E-state index contributed by atoms with van der Waals surface area (Å²) in [6, 6.07) is -0.374. The van der Waals surface area contributed by atoms with Crippen LogP contribution in [0, 0.1) is 0 Å². The molecule has 1 atom stereocenters. The Hall–Kier alpha value is -1.03. The third-order valence-electron chi connectivity index (χ3n) is 2.24. The van der Waals surface area contributed by atoms with Crippen molar-refractivity contribution in [2.24, 2.45) is 0 Å². The summed E-state index contributed by atoms with van der Waals surface area (Å²) in [4.78, 5) is 11.5. The molecular weight excluding hydrogens is 230 g/mol. The van der Waals surface area contributed by atoms with Crippen LogP contribution in [0.3, 0.4) is 0 Å². The molecule has 0 aromatic rings. The number of aliphatic hydroxyl groups excluding tert-OH is 1. The number of rotatable bonds is 7. The van der Waals surface area contributed by atoms with Gasteiger partial charge in [0.05, 0.1) is 12.6 Å². The number of ether oxygens (including phenoxy) is 1. The summed E-state index contributed by atoms with van der Waals surface area (Å²) >= 11 is 0. The largest absolute Gasteiger partial charge is 0.444 e. The van der Waals surface area contributed by atoms with Crippen molar-refractivity contribution >= 4 is 6.09 Å². The molecule has 0 saturated carbocycles. The molecule has 0 spiro atoms. The maximum Gasteiger partial charge on any atom is 0.408 e. The highest BCUT2D eigenvalue weighted by molar-refractivity contribution is 5.68. The quantitative estimate of drug-likeness (QED) is 0.544. The Morgan fingerprint density at radius 3 is 2.56 bits per heavy atom. The molecule has 0 aliphatic rings. The Labute approximate surface area is 110 Å². The van der Waals surface area contributed by atoms with E-state index in [4.69, 9.17) is 9.84 Å². The first-order chi connectivity index (χ1) is 8.39. The van der Waals surface area contributed by atoms with E-state index in [9.17, 15) is 4.79 Å². The standard InChI is InChI=1S/C14H27NO3/c1-5-6-7-8-9-10-12(11-16)15-13(17)18-14(2,3)4/h9-10,12,16H,5-8,11H2,1-4H3,(H,15,17)/b10-9-/t12-/m1/s1. The third-order valence-corrected chi connectivity index (χ3v) is 2.24. The molecule has 4 nitrogen and oxygen atoms in total. The van der Waals surface area contributed by atoms with Crippen LogP contribution in [-0.4, -0.2) is 29.4 Å². The summed E-state index contributed by atoms with van der Waals surface area (Å²) in [6.45, 7) is 7.46. The van der Waals surface area contributed by atoms with Crippen molar-refractivity contribution in [2.75, 3.05) is 6.61 Å². The van der Waals surface area contributed by atoms with Gasteiger partial charge in [-0.1, -0.05) is 31.9 Å². The molecule has 0 fully saturated rings. The molecule has 2 N–H and O–H groups in total. The molecule has 0 saturated heterocycles. The normalized spacial score (nSPS) is 13.6. The Kier molecular flexibility index (Phi) is 8.46. The zero-order valence-electron chi connectivity index (χ0n) is 12.0. The second-order valence-corrected chi connectivity index (χ2v) is 5.36.